The molecule has 0 saturated heterocycles. The molecule has 1 aromatic heterocycles. The molecule has 5 heteroatoms. The topological polar surface area (TPSA) is 41.1 Å². The van der Waals surface area contributed by atoms with E-state index in [-0.39, 0.29) is 11.9 Å². The van der Waals surface area contributed by atoms with Gasteiger partial charge in [0, 0.05) is 15.4 Å². The second-order valence-corrected chi connectivity index (χ2v) is 6.60. The lowest BCUT2D eigenvalue weighted by Gasteiger charge is -2.16. The minimum Gasteiger partial charge on any atom is -0.324 e. The molecule has 0 radical (unpaired) electrons. The largest absolute Gasteiger partial charge is 0.324 e. The molecule has 0 bridgehead atoms. The Bertz CT molecular complexity index is 571. The minimum absolute atomic E-state index is 0.0282. The van der Waals surface area contributed by atoms with Gasteiger partial charge in [-0.05, 0) is 45.9 Å². The fourth-order valence-electron chi connectivity index (χ4n) is 2.10. The molecule has 2 N–H and O–H groups in total. The number of thiophene rings is 1. The van der Waals surface area contributed by atoms with Crippen molar-refractivity contribution in [3.8, 4) is 0 Å². The molecule has 1 aromatic carbocycles. The molecule has 0 aliphatic carbocycles. The Balaban J connectivity index is 1.89. The van der Waals surface area contributed by atoms with Crippen molar-refractivity contribution in [2.75, 3.05) is 11.9 Å². The van der Waals surface area contributed by atoms with Crippen molar-refractivity contribution < 1.29 is 4.79 Å². The molecule has 0 aliphatic heterocycles. The number of halogens is 1. The highest BCUT2D eigenvalue weighted by Crippen LogP contribution is 2.23. The fourth-order valence-corrected chi connectivity index (χ4v) is 3.32. The first-order chi connectivity index (χ1) is 10.2. The van der Waals surface area contributed by atoms with E-state index in [0.29, 0.717) is 6.54 Å². The maximum atomic E-state index is 12.1. The summed E-state index contributed by atoms with van der Waals surface area (Å²) in [6.07, 6.45) is 2.12. The van der Waals surface area contributed by atoms with Gasteiger partial charge in [-0.15, -0.1) is 11.3 Å². The molecule has 21 heavy (non-hydrogen) atoms. The maximum absolute atomic E-state index is 12.1. The van der Waals surface area contributed by atoms with Crippen LogP contribution in [0, 0.1) is 0 Å². The van der Waals surface area contributed by atoms with Crippen LogP contribution in [0.5, 0.6) is 0 Å². The lowest BCUT2D eigenvalue weighted by molar-refractivity contribution is -0.115. The third kappa shape index (κ3) is 4.95. The Morgan fingerprint density at radius 1 is 1.29 bits per heavy atom. The number of hydrogen-bond acceptors (Lipinski definition) is 3. The molecule has 1 unspecified atom stereocenters. The van der Waals surface area contributed by atoms with Crippen LogP contribution in [-0.4, -0.2) is 12.5 Å². The summed E-state index contributed by atoms with van der Waals surface area (Å²) in [5.74, 6) is -0.0282. The molecular weight excluding hydrogens is 348 g/mol. The maximum Gasteiger partial charge on any atom is 0.238 e. The van der Waals surface area contributed by atoms with E-state index in [1.165, 1.54) is 4.88 Å². The highest BCUT2D eigenvalue weighted by Gasteiger charge is 2.13. The highest BCUT2D eigenvalue weighted by molar-refractivity contribution is 9.10. The zero-order valence-electron chi connectivity index (χ0n) is 11.9. The van der Waals surface area contributed by atoms with Crippen molar-refractivity contribution in [2.45, 2.75) is 25.8 Å². The van der Waals surface area contributed by atoms with Crippen LogP contribution in [-0.2, 0) is 4.79 Å². The van der Waals surface area contributed by atoms with Crippen molar-refractivity contribution >= 4 is 38.9 Å². The fraction of sp³-hybridized carbons (Fsp3) is 0.312. The van der Waals surface area contributed by atoms with Gasteiger partial charge in [-0.2, -0.15) is 0 Å². The number of anilines is 1. The average Bonchev–Trinajstić information content (AvgIpc) is 3.00. The van der Waals surface area contributed by atoms with Crippen molar-refractivity contribution in [1.82, 2.24) is 5.32 Å². The van der Waals surface area contributed by atoms with Gasteiger partial charge in [0.1, 0.15) is 0 Å². The normalized spacial score (nSPS) is 12.1. The molecule has 1 atom stereocenters. The third-order valence-electron chi connectivity index (χ3n) is 3.12. The summed E-state index contributed by atoms with van der Waals surface area (Å²) in [5.41, 5.74) is 0.799. The molecule has 112 valence electrons. The Kier molecular flexibility index (Phi) is 6.42. The quantitative estimate of drug-likeness (QED) is 0.752. The standard InChI is InChI=1S/C16H19BrN2OS/c1-2-6-14(15-9-5-10-21-15)18-11-16(20)19-13-8-4-3-7-12(13)17/h3-5,7-10,14,18H,2,6,11H2,1H3,(H,19,20). The average molecular weight is 367 g/mol. The Labute approximate surface area is 137 Å². The van der Waals surface area contributed by atoms with Crippen molar-refractivity contribution in [3.63, 3.8) is 0 Å². The Morgan fingerprint density at radius 2 is 2.10 bits per heavy atom. The van der Waals surface area contributed by atoms with Gasteiger partial charge >= 0.3 is 0 Å². The van der Waals surface area contributed by atoms with Crippen LogP contribution in [0.25, 0.3) is 0 Å². The summed E-state index contributed by atoms with van der Waals surface area (Å²) < 4.78 is 0.890. The van der Waals surface area contributed by atoms with E-state index < -0.39 is 0 Å². The van der Waals surface area contributed by atoms with E-state index in [0.717, 1.165) is 23.0 Å². The van der Waals surface area contributed by atoms with Crippen LogP contribution in [0.15, 0.2) is 46.3 Å². The smallest absolute Gasteiger partial charge is 0.238 e. The molecule has 2 rings (SSSR count). The molecular formula is C16H19BrN2OS. The monoisotopic (exact) mass is 366 g/mol. The van der Waals surface area contributed by atoms with E-state index >= 15 is 0 Å². The number of rotatable bonds is 7. The van der Waals surface area contributed by atoms with Gasteiger partial charge in [-0.3, -0.25) is 4.79 Å². The van der Waals surface area contributed by atoms with Crippen LogP contribution >= 0.6 is 27.3 Å². The summed E-state index contributed by atoms with van der Waals surface area (Å²) in [7, 11) is 0. The summed E-state index contributed by atoms with van der Waals surface area (Å²) >= 11 is 5.16. The first kappa shape index (κ1) is 16.2. The zero-order valence-corrected chi connectivity index (χ0v) is 14.3. The van der Waals surface area contributed by atoms with Crippen LogP contribution < -0.4 is 10.6 Å². The molecule has 0 fully saturated rings. The van der Waals surface area contributed by atoms with Crippen LogP contribution in [0.1, 0.15) is 30.7 Å². The van der Waals surface area contributed by atoms with Crippen molar-refractivity contribution in [1.29, 1.82) is 0 Å². The second-order valence-electron chi connectivity index (χ2n) is 4.77. The van der Waals surface area contributed by atoms with Gasteiger partial charge in [0.05, 0.1) is 12.2 Å². The predicted octanol–water partition coefficient (Wildman–Crippen LogP) is 4.58. The number of nitrogens with one attached hydrogen (secondary N) is 2. The number of carbonyl (C=O) groups excluding carboxylic acids is 1. The van der Waals surface area contributed by atoms with Crippen molar-refractivity contribution in [2.24, 2.45) is 0 Å². The summed E-state index contributed by atoms with van der Waals surface area (Å²) in [5, 5.41) is 8.32. The first-order valence-corrected chi connectivity index (χ1v) is 8.69. The number of carbonyl (C=O) groups is 1. The van der Waals surface area contributed by atoms with Crippen molar-refractivity contribution in [3.05, 3.63) is 51.1 Å². The summed E-state index contributed by atoms with van der Waals surface area (Å²) in [6.45, 7) is 2.47. The van der Waals surface area contributed by atoms with Crippen LogP contribution in [0.4, 0.5) is 5.69 Å². The molecule has 0 spiro atoms. The Hall–Kier alpha value is -1.17. The second kappa shape index (κ2) is 8.32. The lowest BCUT2D eigenvalue weighted by Crippen LogP contribution is -2.31. The molecule has 1 heterocycles. The predicted molar refractivity (Wildman–Crippen MR) is 92.7 cm³/mol. The van der Waals surface area contributed by atoms with Gasteiger partial charge in [0.25, 0.3) is 0 Å². The number of amides is 1. The Morgan fingerprint density at radius 3 is 2.76 bits per heavy atom. The molecule has 0 aliphatic rings. The molecule has 0 saturated carbocycles. The van der Waals surface area contributed by atoms with Gasteiger partial charge in [0.2, 0.25) is 5.91 Å². The third-order valence-corrected chi connectivity index (χ3v) is 4.80. The lowest BCUT2D eigenvalue weighted by atomic mass is 10.1. The summed E-state index contributed by atoms with van der Waals surface area (Å²) in [4.78, 5) is 13.3. The van der Waals surface area contributed by atoms with Gasteiger partial charge < -0.3 is 10.6 Å². The van der Waals surface area contributed by atoms with Gasteiger partial charge in [-0.25, -0.2) is 0 Å². The number of para-hydroxylation sites is 1. The van der Waals surface area contributed by atoms with E-state index in [2.05, 4.69) is 44.9 Å². The van der Waals surface area contributed by atoms with E-state index in [9.17, 15) is 4.79 Å². The van der Waals surface area contributed by atoms with Gasteiger partial charge in [0.15, 0.2) is 0 Å². The zero-order chi connectivity index (χ0) is 15.1. The summed E-state index contributed by atoms with van der Waals surface area (Å²) in [6, 6.07) is 12.0. The van der Waals surface area contributed by atoms with Crippen LogP contribution in [0.2, 0.25) is 0 Å². The molecule has 1 amide bonds. The number of benzene rings is 1. The van der Waals surface area contributed by atoms with Crippen LogP contribution in [0.3, 0.4) is 0 Å². The van der Waals surface area contributed by atoms with E-state index in [4.69, 9.17) is 0 Å². The van der Waals surface area contributed by atoms with Gasteiger partial charge in [-0.1, -0.05) is 31.5 Å². The molecule has 3 nitrogen and oxygen atoms in total. The minimum atomic E-state index is -0.0282. The highest BCUT2D eigenvalue weighted by atomic mass is 79.9. The first-order valence-electron chi connectivity index (χ1n) is 7.02. The molecule has 2 aromatic rings. The van der Waals surface area contributed by atoms with E-state index in [1.807, 2.05) is 30.3 Å². The van der Waals surface area contributed by atoms with E-state index in [1.54, 1.807) is 11.3 Å². The number of hydrogen-bond donors (Lipinski definition) is 2. The SMILES string of the molecule is CCCC(NCC(=O)Nc1ccccc1Br)c1cccs1.